The zero-order chi connectivity index (χ0) is 13.1. The Morgan fingerprint density at radius 1 is 1.21 bits per heavy atom. The monoisotopic (exact) mass is 262 g/mol. The fourth-order valence-corrected chi connectivity index (χ4v) is 3.12. The van der Waals surface area contributed by atoms with E-state index >= 15 is 0 Å². The van der Waals surface area contributed by atoms with E-state index in [0.717, 1.165) is 43.2 Å². The summed E-state index contributed by atoms with van der Waals surface area (Å²) >= 11 is 0. The third-order valence-corrected chi connectivity index (χ3v) is 4.15. The smallest absolute Gasteiger partial charge is 0.143 e. The molecule has 1 unspecified atom stereocenters. The highest BCUT2D eigenvalue weighted by molar-refractivity contribution is 5.36. The van der Waals surface area contributed by atoms with Crippen LogP contribution in [0.1, 0.15) is 56.0 Å². The van der Waals surface area contributed by atoms with Crippen LogP contribution < -0.4 is 11.3 Å². The van der Waals surface area contributed by atoms with E-state index in [1.807, 2.05) is 6.07 Å². The highest BCUT2D eigenvalue weighted by atomic mass is 16.5. The van der Waals surface area contributed by atoms with Crippen molar-refractivity contribution in [3.8, 4) is 0 Å². The molecular weight excluding hydrogens is 240 g/mol. The van der Waals surface area contributed by atoms with Gasteiger partial charge in [0, 0.05) is 30.7 Å². The van der Waals surface area contributed by atoms with Crippen molar-refractivity contribution in [1.82, 2.24) is 9.97 Å². The maximum absolute atomic E-state index is 5.66. The summed E-state index contributed by atoms with van der Waals surface area (Å²) in [5.74, 6) is 7.70. The van der Waals surface area contributed by atoms with E-state index in [1.54, 1.807) is 0 Å². The minimum atomic E-state index is 0.282. The number of nitrogen functional groups attached to an aromatic ring is 1. The molecule has 1 saturated heterocycles. The Balaban J connectivity index is 1.79. The Labute approximate surface area is 113 Å². The molecule has 0 bridgehead atoms. The summed E-state index contributed by atoms with van der Waals surface area (Å²) in [6, 6.07) is 2.00. The van der Waals surface area contributed by atoms with Gasteiger partial charge in [-0.05, 0) is 25.7 Å². The van der Waals surface area contributed by atoms with Crippen LogP contribution in [0.4, 0.5) is 5.82 Å². The van der Waals surface area contributed by atoms with Crippen molar-refractivity contribution in [3.05, 3.63) is 17.6 Å². The van der Waals surface area contributed by atoms with Gasteiger partial charge in [-0.1, -0.05) is 12.8 Å². The fourth-order valence-electron chi connectivity index (χ4n) is 3.12. The van der Waals surface area contributed by atoms with Crippen molar-refractivity contribution in [2.24, 2.45) is 5.84 Å². The van der Waals surface area contributed by atoms with E-state index in [4.69, 9.17) is 15.6 Å². The third kappa shape index (κ3) is 3.04. The number of hydrogen-bond acceptors (Lipinski definition) is 5. The maximum atomic E-state index is 5.66. The molecule has 1 aromatic rings. The molecule has 5 heteroatoms. The number of rotatable bonds is 4. The van der Waals surface area contributed by atoms with Crippen LogP contribution in [0.3, 0.4) is 0 Å². The zero-order valence-electron chi connectivity index (χ0n) is 11.3. The number of nitrogens with one attached hydrogen (secondary N) is 1. The first kappa shape index (κ1) is 12.8. The Hall–Kier alpha value is -1.20. The van der Waals surface area contributed by atoms with Gasteiger partial charge in [0.1, 0.15) is 11.6 Å². The van der Waals surface area contributed by atoms with Crippen molar-refractivity contribution in [2.75, 3.05) is 12.0 Å². The second-order valence-electron chi connectivity index (χ2n) is 5.56. The van der Waals surface area contributed by atoms with E-state index in [2.05, 4.69) is 10.4 Å². The molecule has 104 valence electrons. The van der Waals surface area contributed by atoms with Gasteiger partial charge in [0.25, 0.3) is 0 Å². The van der Waals surface area contributed by atoms with Gasteiger partial charge in [-0.2, -0.15) is 0 Å². The summed E-state index contributed by atoms with van der Waals surface area (Å²) in [6.07, 6.45) is 8.43. The van der Waals surface area contributed by atoms with Crippen molar-refractivity contribution in [3.63, 3.8) is 0 Å². The third-order valence-electron chi connectivity index (χ3n) is 4.15. The van der Waals surface area contributed by atoms with Crippen molar-refractivity contribution in [1.29, 1.82) is 0 Å². The van der Waals surface area contributed by atoms with Crippen LogP contribution in [0.25, 0.3) is 0 Å². The van der Waals surface area contributed by atoms with Crippen molar-refractivity contribution < 1.29 is 4.74 Å². The Bertz CT molecular complexity index is 425. The zero-order valence-corrected chi connectivity index (χ0v) is 11.3. The largest absolute Gasteiger partial charge is 0.378 e. The summed E-state index contributed by atoms with van der Waals surface area (Å²) in [4.78, 5) is 9.20. The van der Waals surface area contributed by atoms with Crippen LogP contribution >= 0.6 is 0 Å². The Morgan fingerprint density at radius 2 is 2.05 bits per heavy atom. The number of nitrogens with zero attached hydrogens (tertiary/aromatic N) is 2. The molecule has 0 aromatic carbocycles. The number of hydrogen-bond donors (Lipinski definition) is 2. The van der Waals surface area contributed by atoms with Crippen LogP contribution in [0, 0.1) is 0 Å². The van der Waals surface area contributed by atoms with Crippen molar-refractivity contribution >= 4 is 5.82 Å². The summed E-state index contributed by atoms with van der Waals surface area (Å²) in [5, 5.41) is 0. The van der Waals surface area contributed by atoms with Gasteiger partial charge in [0.05, 0.1) is 6.10 Å². The molecule has 1 saturated carbocycles. The molecule has 1 atom stereocenters. The lowest BCUT2D eigenvalue weighted by atomic mass is 10.0. The second-order valence-corrected chi connectivity index (χ2v) is 5.56. The molecule has 5 nitrogen and oxygen atoms in total. The number of aromatic nitrogens is 2. The molecule has 19 heavy (non-hydrogen) atoms. The van der Waals surface area contributed by atoms with Gasteiger partial charge < -0.3 is 10.2 Å². The van der Waals surface area contributed by atoms with Crippen LogP contribution in [0.5, 0.6) is 0 Å². The van der Waals surface area contributed by atoms with Gasteiger partial charge in [0.2, 0.25) is 0 Å². The van der Waals surface area contributed by atoms with E-state index in [0.29, 0.717) is 5.92 Å². The molecule has 1 aromatic heterocycles. The topological polar surface area (TPSA) is 73.1 Å². The van der Waals surface area contributed by atoms with Crippen LogP contribution in [0.2, 0.25) is 0 Å². The fraction of sp³-hybridized carbons (Fsp3) is 0.714. The van der Waals surface area contributed by atoms with Gasteiger partial charge in [-0.15, -0.1) is 0 Å². The van der Waals surface area contributed by atoms with Crippen LogP contribution in [-0.2, 0) is 11.2 Å². The highest BCUT2D eigenvalue weighted by Gasteiger charge is 2.22. The standard InChI is InChI=1S/C14H22N4O/c15-18-14-9-12(10-4-1-2-5-10)16-13(17-14)8-11-6-3-7-19-11/h9-11H,1-8,15H2,(H,16,17,18). The molecule has 2 heterocycles. The first-order chi connectivity index (χ1) is 9.35. The molecular formula is C14H22N4O. The minimum Gasteiger partial charge on any atom is -0.378 e. The highest BCUT2D eigenvalue weighted by Crippen LogP contribution is 2.33. The predicted octanol–water partition coefficient (Wildman–Crippen LogP) is 2.14. The van der Waals surface area contributed by atoms with E-state index in [9.17, 15) is 0 Å². The Morgan fingerprint density at radius 3 is 2.74 bits per heavy atom. The molecule has 2 aliphatic rings. The Kier molecular flexibility index (Phi) is 3.94. The molecule has 1 aliphatic heterocycles. The molecule has 0 spiro atoms. The summed E-state index contributed by atoms with van der Waals surface area (Å²) in [5.41, 5.74) is 3.81. The van der Waals surface area contributed by atoms with Gasteiger partial charge >= 0.3 is 0 Å². The number of ether oxygens (including phenoxy) is 1. The maximum Gasteiger partial charge on any atom is 0.143 e. The summed E-state index contributed by atoms with van der Waals surface area (Å²) in [7, 11) is 0. The normalized spacial score (nSPS) is 23.9. The quantitative estimate of drug-likeness (QED) is 0.642. The lowest BCUT2D eigenvalue weighted by molar-refractivity contribution is 0.110. The van der Waals surface area contributed by atoms with Crippen LogP contribution in [-0.4, -0.2) is 22.7 Å². The lowest BCUT2D eigenvalue weighted by Gasteiger charge is -2.14. The number of anilines is 1. The van der Waals surface area contributed by atoms with E-state index < -0.39 is 0 Å². The minimum absolute atomic E-state index is 0.282. The average Bonchev–Trinajstić information content (AvgIpc) is 3.11. The summed E-state index contributed by atoms with van der Waals surface area (Å²) < 4.78 is 5.66. The predicted molar refractivity (Wildman–Crippen MR) is 73.7 cm³/mol. The molecule has 0 radical (unpaired) electrons. The summed E-state index contributed by atoms with van der Waals surface area (Å²) in [6.45, 7) is 0.870. The molecule has 0 amide bonds. The first-order valence-corrected chi connectivity index (χ1v) is 7.31. The van der Waals surface area contributed by atoms with E-state index in [-0.39, 0.29) is 6.10 Å². The van der Waals surface area contributed by atoms with E-state index in [1.165, 1.54) is 25.7 Å². The number of nitrogens with two attached hydrogens (primary N) is 1. The molecule has 1 aliphatic carbocycles. The molecule has 3 N–H and O–H groups in total. The van der Waals surface area contributed by atoms with Crippen molar-refractivity contribution in [2.45, 2.75) is 57.0 Å². The first-order valence-electron chi connectivity index (χ1n) is 7.31. The SMILES string of the molecule is NNc1cc(C2CCCC2)nc(CC2CCCO2)n1. The van der Waals surface area contributed by atoms with Gasteiger partial charge in [0.15, 0.2) is 0 Å². The number of hydrazine groups is 1. The molecule has 3 rings (SSSR count). The van der Waals surface area contributed by atoms with Gasteiger partial charge in [-0.3, -0.25) is 0 Å². The second kappa shape index (κ2) is 5.84. The lowest BCUT2D eigenvalue weighted by Crippen LogP contribution is -2.16. The molecule has 2 fully saturated rings. The van der Waals surface area contributed by atoms with Gasteiger partial charge in [-0.25, -0.2) is 15.8 Å². The van der Waals surface area contributed by atoms with Crippen LogP contribution in [0.15, 0.2) is 6.07 Å². The average molecular weight is 262 g/mol.